The van der Waals surface area contributed by atoms with E-state index in [9.17, 15) is 14.4 Å². The summed E-state index contributed by atoms with van der Waals surface area (Å²) in [5.74, 6) is -0.475. The number of cyclic esters (lactones) is 1. The number of anilines is 1. The number of hydrogen-bond donors (Lipinski definition) is 2. The van der Waals surface area contributed by atoms with Gasteiger partial charge in [0.1, 0.15) is 0 Å². The average Bonchev–Trinajstić information content (AvgIpc) is 3.28. The maximum absolute atomic E-state index is 13.5. The van der Waals surface area contributed by atoms with Gasteiger partial charge in [-0.25, -0.2) is 4.79 Å². The number of aryl methyl sites for hydroxylation is 1. The minimum Gasteiger partial charge on any atom is -0.438 e. The number of nitrogens with one attached hydrogen (secondary N) is 2. The van der Waals surface area contributed by atoms with Crippen LogP contribution < -0.4 is 10.6 Å². The zero-order chi connectivity index (χ0) is 27.9. The van der Waals surface area contributed by atoms with Crippen LogP contribution in [0.1, 0.15) is 34.1 Å². The van der Waals surface area contributed by atoms with E-state index in [0.29, 0.717) is 16.9 Å². The first kappa shape index (κ1) is 26.6. The van der Waals surface area contributed by atoms with Gasteiger partial charge in [-0.05, 0) is 47.9 Å². The van der Waals surface area contributed by atoms with Crippen molar-refractivity contribution >= 4 is 23.6 Å². The molecule has 0 saturated carbocycles. The van der Waals surface area contributed by atoms with Gasteiger partial charge in [0, 0.05) is 11.9 Å². The lowest BCUT2D eigenvalue weighted by atomic mass is 10.00. The Bertz CT molecular complexity index is 1480. The minimum atomic E-state index is -0.893. The van der Waals surface area contributed by atoms with Gasteiger partial charge < -0.3 is 15.4 Å². The van der Waals surface area contributed by atoms with Gasteiger partial charge in [-0.15, -0.1) is 0 Å². The molecule has 0 radical (unpaired) electrons. The number of amides is 3. The quantitative estimate of drug-likeness (QED) is 0.317. The summed E-state index contributed by atoms with van der Waals surface area (Å²) in [6.45, 7) is 2.43. The summed E-state index contributed by atoms with van der Waals surface area (Å²) >= 11 is 0. The van der Waals surface area contributed by atoms with Gasteiger partial charge in [-0.2, -0.15) is 0 Å². The second-order valence-electron chi connectivity index (χ2n) is 9.74. The van der Waals surface area contributed by atoms with E-state index in [1.54, 1.807) is 30.5 Å². The van der Waals surface area contributed by atoms with E-state index in [4.69, 9.17) is 4.74 Å². The molecule has 1 aliphatic heterocycles. The maximum atomic E-state index is 13.5. The summed E-state index contributed by atoms with van der Waals surface area (Å²) in [4.78, 5) is 44.8. The minimum absolute atomic E-state index is 0.137. The van der Waals surface area contributed by atoms with Gasteiger partial charge in [0.25, 0.3) is 0 Å². The van der Waals surface area contributed by atoms with Crippen LogP contribution >= 0.6 is 0 Å². The second kappa shape index (κ2) is 12.3. The van der Waals surface area contributed by atoms with Crippen LogP contribution in [0.2, 0.25) is 0 Å². The molecule has 2 unspecified atom stereocenters. The Balaban J connectivity index is 1.34. The largest absolute Gasteiger partial charge is 0.438 e. The summed E-state index contributed by atoms with van der Waals surface area (Å²) in [7, 11) is 0. The zero-order valence-corrected chi connectivity index (χ0v) is 22.1. The Labute approximate surface area is 233 Å². The fourth-order valence-electron chi connectivity index (χ4n) is 4.74. The lowest BCUT2D eigenvalue weighted by molar-refractivity contribution is -0.126. The standard InChI is InChI=1S/C32H30N4O4/c1-22-8-7-11-24(18-22)21-36-29(31(38)34-20-27-12-5-6-17-33-27)30(40-32(36)39)25-13-15-26(16-14-25)35-28(37)19-23-9-3-2-4-10-23/h2-18,29-30H,19-21H2,1H3,(H,34,38)(H,35,37). The molecule has 0 spiro atoms. The van der Waals surface area contributed by atoms with Gasteiger partial charge >= 0.3 is 6.09 Å². The van der Waals surface area contributed by atoms with Gasteiger partial charge in [0.2, 0.25) is 11.8 Å². The molecule has 3 aromatic carbocycles. The van der Waals surface area contributed by atoms with Gasteiger partial charge in [-0.3, -0.25) is 19.5 Å². The Morgan fingerprint density at radius 1 is 0.900 bits per heavy atom. The molecule has 5 rings (SSSR count). The van der Waals surface area contributed by atoms with Gasteiger partial charge in [0.15, 0.2) is 12.1 Å². The van der Waals surface area contributed by atoms with Crippen LogP contribution in [0.3, 0.4) is 0 Å². The highest BCUT2D eigenvalue weighted by Gasteiger charge is 2.47. The van der Waals surface area contributed by atoms with Crippen LogP contribution in [-0.2, 0) is 33.8 Å². The molecular formula is C32H30N4O4. The number of aromatic nitrogens is 1. The highest BCUT2D eigenvalue weighted by atomic mass is 16.6. The first-order valence-corrected chi connectivity index (χ1v) is 13.1. The summed E-state index contributed by atoms with van der Waals surface area (Å²) in [6.07, 6.45) is 0.534. The Hall–Kier alpha value is -4.98. The average molecular weight is 535 g/mol. The van der Waals surface area contributed by atoms with Crippen molar-refractivity contribution in [2.75, 3.05) is 5.32 Å². The normalized spacial score (nSPS) is 16.3. The second-order valence-corrected chi connectivity index (χ2v) is 9.74. The van der Waals surface area contributed by atoms with E-state index < -0.39 is 18.2 Å². The highest BCUT2D eigenvalue weighted by Crippen LogP contribution is 2.34. The molecule has 0 bridgehead atoms. The molecular weight excluding hydrogens is 504 g/mol. The van der Waals surface area contributed by atoms with Crippen LogP contribution in [0.4, 0.5) is 10.5 Å². The number of hydrogen-bond acceptors (Lipinski definition) is 5. The predicted octanol–water partition coefficient (Wildman–Crippen LogP) is 4.95. The number of ether oxygens (including phenoxy) is 1. The van der Waals surface area contributed by atoms with Crippen molar-refractivity contribution in [1.82, 2.24) is 15.2 Å². The van der Waals surface area contributed by atoms with Crippen LogP contribution in [0.15, 0.2) is 103 Å². The van der Waals surface area contributed by atoms with Crippen molar-refractivity contribution in [3.8, 4) is 0 Å². The molecule has 8 heteroatoms. The number of carbonyl (C=O) groups excluding carboxylic acids is 3. The van der Waals surface area contributed by atoms with Crippen LogP contribution in [0, 0.1) is 6.92 Å². The summed E-state index contributed by atoms with van der Waals surface area (Å²) in [6, 6.07) is 28.9. The molecule has 2 heterocycles. The van der Waals surface area contributed by atoms with E-state index in [2.05, 4.69) is 15.6 Å². The molecule has 202 valence electrons. The summed E-state index contributed by atoms with van der Waals surface area (Å²) in [5, 5.41) is 5.81. The van der Waals surface area contributed by atoms with Crippen LogP contribution in [0.5, 0.6) is 0 Å². The first-order chi connectivity index (χ1) is 19.5. The molecule has 2 atom stereocenters. The van der Waals surface area contributed by atoms with Gasteiger partial charge in [-0.1, -0.05) is 78.4 Å². The van der Waals surface area contributed by atoms with Crippen LogP contribution in [-0.4, -0.2) is 33.8 Å². The fourth-order valence-corrected chi connectivity index (χ4v) is 4.74. The van der Waals surface area contributed by atoms with Gasteiger partial charge in [0.05, 0.1) is 25.2 Å². The maximum Gasteiger partial charge on any atom is 0.411 e. The van der Waals surface area contributed by atoms with Crippen molar-refractivity contribution in [3.05, 3.63) is 131 Å². The Kier molecular flexibility index (Phi) is 8.15. The Morgan fingerprint density at radius 2 is 1.65 bits per heavy atom. The van der Waals surface area contributed by atoms with Crippen molar-refractivity contribution in [2.45, 2.75) is 38.6 Å². The first-order valence-electron chi connectivity index (χ1n) is 13.1. The number of carbonyl (C=O) groups is 3. The highest BCUT2D eigenvalue weighted by molar-refractivity contribution is 5.92. The molecule has 4 aromatic rings. The third-order valence-electron chi connectivity index (χ3n) is 6.69. The van der Waals surface area contributed by atoms with Crippen molar-refractivity contribution < 1.29 is 19.1 Å². The predicted molar refractivity (Wildman–Crippen MR) is 151 cm³/mol. The van der Waals surface area contributed by atoms with E-state index >= 15 is 0 Å². The number of benzene rings is 3. The molecule has 1 saturated heterocycles. The third-order valence-corrected chi connectivity index (χ3v) is 6.69. The fraction of sp³-hybridized carbons (Fsp3) is 0.188. The van der Waals surface area contributed by atoms with E-state index in [1.165, 1.54) is 4.90 Å². The van der Waals surface area contributed by atoms with E-state index in [0.717, 1.165) is 16.7 Å². The lowest BCUT2D eigenvalue weighted by Crippen LogP contribution is -2.46. The number of nitrogens with zero attached hydrogens (tertiary/aromatic N) is 2. The molecule has 0 aliphatic carbocycles. The zero-order valence-electron chi connectivity index (χ0n) is 22.1. The van der Waals surface area contributed by atoms with Crippen LogP contribution in [0.25, 0.3) is 0 Å². The SMILES string of the molecule is Cc1cccc(CN2C(=O)OC(c3ccc(NC(=O)Cc4ccccc4)cc3)C2C(=O)NCc2ccccn2)c1. The molecule has 40 heavy (non-hydrogen) atoms. The molecule has 1 fully saturated rings. The summed E-state index contributed by atoms with van der Waals surface area (Å²) in [5.41, 5.74) is 4.85. The van der Waals surface area contributed by atoms with Crippen molar-refractivity contribution in [1.29, 1.82) is 0 Å². The molecule has 1 aromatic heterocycles. The van der Waals surface area contributed by atoms with Crippen molar-refractivity contribution in [2.24, 2.45) is 0 Å². The lowest BCUT2D eigenvalue weighted by Gasteiger charge is -2.24. The molecule has 1 aliphatic rings. The summed E-state index contributed by atoms with van der Waals surface area (Å²) < 4.78 is 5.77. The van der Waals surface area contributed by atoms with Crippen molar-refractivity contribution in [3.63, 3.8) is 0 Å². The number of pyridine rings is 1. The molecule has 8 nitrogen and oxygen atoms in total. The topological polar surface area (TPSA) is 101 Å². The monoisotopic (exact) mass is 534 g/mol. The third kappa shape index (κ3) is 6.53. The smallest absolute Gasteiger partial charge is 0.411 e. The van der Waals surface area contributed by atoms with E-state index in [1.807, 2.05) is 79.7 Å². The van der Waals surface area contributed by atoms with E-state index in [-0.39, 0.29) is 31.3 Å². The number of rotatable bonds is 9. The Morgan fingerprint density at radius 3 is 2.38 bits per heavy atom. The molecule has 2 N–H and O–H groups in total. The molecule has 3 amide bonds.